The van der Waals surface area contributed by atoms with E-state index in [-0.39, 0.29) is 11.9 Å². The summed E-state index contributed by atoms with van der Waals surface area (Å²) >= 11 is 0. The van der Waals surface area contributed by atoms with E-state index in [9.17, 15) is 14.0 Å². The Balaban J connectivity index is 1.62. The second-order valence-corrected chi connectivity index (χ2v) is 5.97. The number of carbonyl (C=O) groups excluding carboxylic acids is 2. The molecule has 1 aromatic heterocycles. The van der Waals surface area contributed by atoms with E-state index < -0.39 is 11.8 Å². The number of halogens is 1. The third-order valence-corrected chi connectivity index (χ3v) is 3.94. The highest BCUT2D eigenvalue weighted by Gasteiger charge is 2.35. The fourth-order valence-electron chi connectivity index (χ4n) is 2.58. The van der Waals surface area contributed by atoms with Crippen LogP contribution < -0.4 is 5.32 Å². The van der Waals surface area contributed by atoms with E-state index in [0.717, 1.165) is 18.4 Å². The Bertz CT molecular complexity index is 755. The van der Waals surface area contributed by atoms with Crippen LogP contribution in [0.5, 0.6) is 0 Å². The van der Waals surface area contributed by atoms with Gasteiger partial charge in [-0.2, -0.15) is 5.10 Å². The zero-order valence-electron chi connectivity index (χ0n) is 13.4. The maximum atomic E-state index is 13.2. The molecule has 1 heterocycles. The zero-order chi connectivity index (χ0) is 17.1. The Morgan fingerprint density at radius 3 is 2.83 bits per heavy atom. The van der Waals surface area contributed by atoms with E-state index in [1.54, 1.807) is 28.9 Å². The lowest BCUT2D eigenvalue weighted by atomic mass is 10.1. The molecule has 0 bridgehead atoms. The normalized spacial score (nSPS) is 13.6. The minimum absolute atomic E-state index is 0.103. The summed E-state index contributed by atoms with van der Waals surface area (Å²) in [6.45, 7) is 0.396. The van der Waals surface area contributed by atoms with Gasteiger partial charge in [0.1, 0.15) is 5.82 Å². The van der Waals surface area contributed by atoms with Crippen LogP contribution in [0.1, 0.15) is 18.4 Å². The van der Waals surface area contributed by atoms with Crippen molar-refractivity contribution >= 4 is 17.5 Å². The highest BCUT2D eigenvalue weighted by molar-refractivity contribution is 6.39. The monoisotopic (exact) mass is 330 g/mol. The molecule has 0 spiro atoms. The van der Waals surface area contributed by atoms with E-state index in [4.69, 9.17) is 0 Å². The first-order valence-corrected chi connectivity index (χ1v) is 7.88. The van der Waals surface area contributed by atoms with Gasteiger partial charge in [0.2, 0.25) is 0 Å². The second kappa shape index (κ2) is 6.82. The van der Waals surface area contributed by atoms with Gasteiger partial charge in [0.25, 0.3) is 0 Å². The van der Waals surface area contributed by atoms with E-state index in [0.29, 0.717) is 18.7 Å². The molecule has 0 unspecified atom stereocenters. The molecular formula is C17H19FN4O2. The van der Waals surface area contributed by atoms with E-state index in [2.05, 4.69) is 10.4 Å². The number of hydrogen-bond acceptors (Lipinski definition) is 3. The van der Waals surface area contributed by atoms with Crippen LogP contribution in [0.2, 0.25) is 0 Å². The quantitative estimate of drug-likeness (QED) is 0.849. The summed E-state index contributed by atoms with van der Waals surface area (Å²) in [6, 6.07) is 6.39. The summed E-state index contributed by atoms with van der Waals surface area (Å²) in [7, 11) is 1.73. The van der Waals surface area contributed by atoms with Crippen LogP contribution in [0, 0.1) is 5.82 Å². The van der Waals surface area contributed by atoms with Crippen LogP contribution in [-0.2, 0) is 23.1 Å². The van der Waals surface area contributed by atoms with Crippen LogP contribution in [0.15, 0.2) is 36.7 Å². The number of nitrogens with zero attached hydrogens (tertiary/aromatic N) is 3. The van der Waals surface area contributed by atoms with Gasteiger partial charge in [-0.25, -0.2) is 4.39 Å². The molecule has 0 saturated heterocycles. The Morgan fingerprint density at radius 2 is 2.21 bits per heavy atom. The van der Waals surface area contributed by atoms with Crippen molar-refractivity contribution in [2.24, 2.45) is 7.05 Å². The van der Waals surface area contributed by atoms with Crippen molar-refractivity contribution in [2.45, 2.75) is 25.3 Å². The lowest BCUT2D eigenvalue weighted by Gasteiger charge is -2.21. The first-order chi connectivity index (χ1) is 11.5. The fraction of sp³-hybridized carbons (Fsp3) is 0.353. The number of aromatic nitrogens is 2. The molecule has 1 N–H and O–H groups in total. The van der Waals surface area contributed by atoms with Gasteiger partial charge >= 0.3 is 11.8 Å². The van der Waals surface area contributed by atoms with Gasteiger partial charge in [-0.15, -0.1) is 0 Å². The highest BCUT2D eigenvalue weighted by atomic mass is 19.1. The predicted molar refractivity (Wildman–Crippen MR) is 86.7 cm³/mol. The van der Waals surface area contributed by atoms with Crippen molar-refractivity contribution in [1.29, 1.82) is 0 Å². The number of nitrogens with one attached hydrogen (secondary N) is 1. The minimum Gasteiger partial charge on any atom is -0.331 e. The van der Waals surface area contributed by atoms with Crippen molar-refractivity contribution in [1.82, 2.24) is 14.7 Å². The third kappa shape index (κ3) is 3.98. The molecule has 1 fully saturated rings. The average Bonchev–Trinajstić information content (AvgIpc) is 3.30. The summed E-state index contributed by atoms with van der Waals surface area (Å²) in [5.41, 5.74) is 1.29. The molecule has 3 rings (SSSR count). The summed E-state index contributed by atoms with van der Waals surface area (Å²) < 4.78 is 14.8. The molecule has 0 radical (unpaired) electrons. The van der Waals surface area contributed by atoms with E-state index in [1.807, 2.05) is 6.07 Å². The summed E-state index contributed by atoms with van der Waals surface area (Å²) in [4.78, 5) is 26.2. The highest BCUT2D eigenvalue weighted by Crippen LogP contribution is 2.27. The largest absolute Gasteiger partial charge is 0.331 e. The van der Waals surface area contributed by atoms with Crippen LogP contribution in [0.3, 0.4) is 0 Å². The van der Waals surface area contributed by atoms with Crippen LogP contribution in [0.4, 0.5) is 10.1 Å². The maximum absolute atomic E-state index is 13.2. The maximum Gasteiger partial charge on any atom is 0.314 e. The molecule has 2 aromatic rings. The Morgan fingerprint density at radius 1 is 1.42 bits per heavy atom. The molecule has 1 aliphatic rings. The van der Waals surface area contributed by atoms with Gasteiger partial charge in [-0.3, -0.25) is 14.3 Å². The molecule has 1 aromatic carbocycles. The van der Waals surface area contributed by atoms with Crippen molar-refractivity contribution in [2.75, 3.05) is 11.9 Å². The van der Waals surface area contributed by atoms with Gasteiger partial charge < -0.3 is 10.2 Å². The van der Waals surface area contributed by atoms with Crippen molar-refractivity contribution in [3.8, 4) is 0 Å². The molecule has 126 valence electrons. The van der Waals surface area contributed by atoms with Gasteiger partial charge in [-0.05, 0) is 37.0 Å². The number of benzene rings is 1. The van der Waals surface area contributed by atoms with Crippen molar-refractivity contribution in [3.05, 3.63) is 48.0 Å². The van der Waals surface area contributed by atoms with Crippen molar-refractivity contribution in [3.63, 3.8) is 0 Å². The fourth-order valence-corrected chi connectivity index (χ4v) is 2.58. The molecule has 24 heavy (non-hydrogen) atoms. The van der Waals surface area contributed by atoms with Gasteiger partial charge in [0.05, 0.1) is 11.9 Å². The summed E-state index contributed by atoms with van der Waals surface area (Å²) in [5, 5.41) is 6.51. The Hall–Kier alpha value is -2.70. The van der Waals surface area contributed by atoms with Crippen LogP contribution in [0.25, 0.3) is 0 Å². The van der Waals surface area contributed by atoms with Crippen LogP contribution >= 0.6 is 0 Å². The SMILES string of the molecule is Cn1cc(NC(=O)C(=O)N(CCc2cccc(F)c2)C2CC2)cn1. The number of amides is 2. The van der Waals surface area contributed by atoms with Gasteiger partial charge in [0, 0.05) is 25.8 Å². The number of anilines is 1. The molecule has 0 aliphatic heterocycles. The molecule has 1 aliphatic carbocycles. The molecule has 2 amide bonds. The van der Waals surface area contributed by atoms with Gasteiger partial charge in [-0.1, -0.05) is 12.1 Å². The summed E-state index contributed by atoms with van der Waals surface area (Å²) in [5.74, 6) is -1.53. The molecule has 6 nitrogen and oxygen atoms in total. The first kappa shape index (κ1) is 16.2. The second-order valence-electron chi connectivity index (χ2n) is 5.97. The zero-order valence-corrected chi connectivity index (χ0v) is 13.4. The third-order valence-electron chi connectivity index (χ3n) is 3.94. The van der Waals surface area contributed by atoms with Crippen molar-refractivity contribution < 1.29 is 14.0 Å². The number of carbonyl (C=O) groups is 2. The van der Waals surface area contributed by atoms with Gasteiger partial charge in [0.15, 0.2) is 0 Å². The molecule has 1 saturated carbocycles. The predicted octanol–water partition coefficient (Wildman–Crippen LogP) is 1.73. The summed E-state index contributed by atoms with van der Waals surface area (Å²) in [6.07, 6.45) is 5.42. The molecular weight excluding hydrogens is 311 g/mol. The van der Waals surface area contributed by atoms with E-state index >= 15 is 0 Å². The lowest BCUT2D eigenvalue weighted by Crippen LogP contribution is -2.42. The Labute approximate surface area is 139 Å². The number of aryl methyl sites for hydroxylation is 1. The first-order valence-electron chi connectivity index (χ1n) is 7.88. The lowest BCUT2D eigenvalue weighted by molar-refractivity contribution is -0.143. The van der Waals surface area contributed by atoms with Crippen LogP contribution in [-0.4, -0.2) is 39.1 Å². The smallest absolute Gasteiger partial charge is 0.314 e. The standard InChI is InChI=1S/C17H19FN4O2/c1-21-11-14(10-19-21)20-16(23)17(24)22(15-5-6-15)8-7-12-3-2-4-13(18)9-12/h2-4,9-11,15H,5-8H2,1H3,(H,20,23). The average molecular weight is 330 g/mol. The molecule has 7 heteroatoms. The number of hydrogen-bond donors (Lipinski definition) is 1. The molecule has 0 atom stereocenters. The minimum atomic E-state index is -0.672. The topological polar surface area (TPSA) is 67.2 Å². The number of rotatable bonds is 5. The Kier molecular flexibility index (Phi) is 4.59. The van der Waals surface area contributed by atoms with E-state index in [1.165, 1.54) is 18.3 Å².